The number of nitrogens with zero attached hydrogens (tertiary/aromatic N) is 1. The third-order valence-electron chi connectivity index (χ3n) is 4.13. The van der Waals surface area contributed by atoms with Crippen LogP contribution in [0.5, 0.6) is 0 Å². The number of amides is 1. The molecule has 2 aromatic rings. The molecule has 1 aromatic heterocycles. The van der Waals surface area contributed by atoms with E-state index in [1.54, 1.807) is 6.08 Å². The standard InChI is InChI=1S/C18H21NO3/c1-2-11-21-13-14-7-9-19(10-8-14)18(20)17-12-15-5-3-4-6-16(15)22-17/h2-6,12,14H,1,7-11,13H2. The number of furan rings is 1. The number of fused-ring (bicyclic) bond motifs is 1. The normalized spacial score (nSPS) is 16.1. The molecule has 116 valence electrons. The summed E-state index contributed by atoms with van der Waals surface area (Å²) in [6.07, 6.45) is 3.71. The van der Waals surface area contributed by atoms with E-state index in [-0.39, 0.29) is 5.91 Å². The van der Waals surface area contributed by atoms with Crippen molar-refractivity contribution in [2.75, 3.05) is 26.3 Å². The third kappa shape index (κ3) is 3.22. The molecule has 1 fully saturated rings. The lowest BCUT2D eigenvalue weighted by Crippen LogP contribution is -2.39. The highest BCUT2D eigenvalue weighted by Gasteiger charge is 2.25. The third-order valence-corrected chi connectivity index (χ3v) is 4.13. The van der Waals surface area contributed by atoms with Gasteiger partial charge in [0.25, 0.3) is 5.91 Å². The van der Waals surface area contributed by atoms with Gasteiger partial charge in [-0.1, -0.05) is 24.3 Å². The maximum atomic E-state index is 12.5. The van der Waals surface area contributed by atoms with Gasteiger partial charge in [0.1, 0.15) is 5.58 Å². The van der Waals surface area contributed by atoms with Gasteiger partial charge in [-0.05, 0) is 30.9 Å². The molecule has 0 radical (unpaired) electrons. The van der Waals surface area contributed by atoms with Gasteiger partial charge in [-0.25, -0.2) is 0 Å². The number of hydrogen-bond acceptors (Lipinski definition) is 3. The molecule has 2 heterocycles. The second-order valence-corrected chi connectivity index (χ2v) is 5.71. The van der Waals surface area contributed by atoms with Crippen LogP contribution in [0.15, 0.2) is 47.4 Å². The molecule has 0 bridgehead atoms. The Morgan fingerprint density at radius 2 is 2.14 bits per heavy atom. The first-order valence-electron chi connectivity index (χ1n) is 7.74. The molecule has 0 spiro atoms. The lowest BCUT2D eigenvalue weighted by atomic mass is 9.97. The van der Waals surface area contributed by atoms with Crippen LogP contribution in [0.2, 0.25) is 0 Å². The molecule has 4 nitrogen and oxygen atoms in total. The monoisotopic (exact) mass is 299 g/mol. The van der Waals surface area contributed by atoms with Crippen LogP contribution in [-0.2, 0) is 4.74 Å². The molecule has 0 unspecified atom stereocenters. The van der Waals surface area contributed by atoms with Crippen molar-refractivity contribution in [3.8, 4) is 0 Å². The zero-order valence-electron chi connectivity index (χ0n) is 12.7. The summed E-state index contributed by atoms with van der Waals surface area (Å²) < 4.78 is 11.2. The smallest absolute Gasteiger partial charge is 0.289 e. The Bertz CT molecular complexity index is 620. The van der Waals surface area contributed by atoms with Crippen molar-refractivity contribution in [3.63, 3.8) is 0 Å². The fourth-order valence-corrected chi connectivity index (χ4v) is 2.86. The lowest BCUT2D eigenvalue weighted by molar-refractivity contribution is 0.0552. The van der Waals surface area contributed by atoms with Crippen molar-refractivity contribution >= 4 is 16.9 Å². The summed E-state index contributed by atoms with van der Waals surface area (Å²) >= 11 is 0. The highest BCUT2D eigenvalue weighted by Crippen LogP contribution is 2.23. The predicted octanol–water partition coefficient (Wildman–Crippen LogP) is 3.49. The number of benzene rings is 1. The lowest BCUT2D eigenvalue weighted by Gasteiger charge is -2.31. The number of piperidine rings is 1. The first-order chi connectivity index (χ1) is 10.8. The Kier molecular flexibility index (Phi) is 4.59. The summed E-state index contributed by atoms with van der Waals surface area (Å²) in [5.74, 6) is 0.948. The molecule has 1 saturated heterocycles. The second-order valence-electron chi connectivity index (χ2n) is 5.71. The molecule has 1 aliphatic rings. The zero-order valence-corrected chi connectivity index (χ0v) is 12.7. The molecular formula is C18H21NO3. The first kappa shape index (κ1) is 14.9. The van der Waals surface area contributed by atoms with Crippen molar-refractivity contribution < 1.29 is 13.9 Å². The molecule has 1 aliphatic heterocycles. The Morgan fingerprint density at radius 1 is 1.36 bits per heavy atom. The Balaban J connectivity index is 1.58. The van der Waals surface area contributed by atoms with Gasteiger partial charge in [0, 0.05) is 25.1 Å². The Labute approximate surface area is 130 Å². The number of carbonyl (C=O) groups excluding carboxylic acids is 1. The van der Waals surface area contributed by atoms with Crippen LogP contribution < -0.4 is 0 Å². The van der Waals surface area contributed by atoms with E-state index in [1.807, 2.05) is 35.2 Å². The van der Waals surface area contributed by atoms with Gasteiger partial charge in [0.05, 0.1) is 6.61 Å². The number of para-hydroxylation sites is 1. The number of ether oxygens (including phenoxy) is 1. The van der Waals surface area contributed by atoms with Gasteiger partial charge >= 0.3 is 0 Å². The Hall–Kier alpha value is -2.07. The molecule has 0 saturated carbocycles. The SMILES string of the molecule is C=CCOCC1CCN(C(=O)c2cc3ccccc3o2)CC1. The van der Waals surface area contributed by atoms with E-state index in [9.17, 15) is 4.79 Å². The van der Waals surface area contributed by atoms with Crippen LogP contribution in [0.4, 0.5) is 0 Å². The van der Waals surface area contributed by atoms with Crippen LogP contribution in [-0.4, -0.2) is 37.1 Å². The quantitative estimate of drug-likeness (QED) is 0.627. The summed E-state index contributed by atoms with van der Waals surface area (Å²) in [6, 6.07) is 9.53. The topological polar surface area (TPSA) is 42.7 Å². The minimum Gasteiger partial charge on any atom is -0.451 e. The summed E-state index contributed by atoms with van der Waals surface area (Å²) in [7, 11) is 0. The van der Waals surface area contributed by atoms with Crippen molar-refractivity contribution in [1.82, 2.24) is 4.90 Å². The number of likely N-dealkylation sites (tertiary alicyclic amines) is 1. The van der Waals surface area contributed by atoms with E-state index in [2.05, 4.69) is 6.58 Å². The van der Waals surface area contributed by atoms with Crippen molar-refractivity contribution in [2.45, 2.75) is 12.8 Å². The predicted molar refractivity (Wildman–Crippen MR) is 85.9 cm³/mol. The van der Waals surface area contributed by atoms with Gasteiger partial charge in [0.2, 0.25) is 0 Å². The highest BCUT2D eigenvalue weighted by atomic mass is 16.5. The first-order valence-corrected chi connectivity index (χ1v) is 7.74. The van der Waals surface area contributed by atoms with Crippen LogP contribution in [0.1, 0.15) is 23.4 Å². The van der Waals surface area contributed by atoms with Crippen LogP contribution in [0, 0.1) is 5.92 Å². The largest absolute Gasteiger partial charge is 0.451 e. The number of carbonyl (C=O) groups is 1. The molecule has 1 aromatic carbocycles. The summed E-state index contributed by atoms with van der Waals surface area (Å²) in [5.41, 5.74) is 0.763. The molecule has 0 atom stereocenters. The molecule has 0 N–H and O–H groups in total. The van der Waals surface area contributed by atoms with Crippen molar-refractivity contribution in [1.29, 1.82) is 0 Å². The molecule has 4 heteroatoms. The summed E-state index contributed by atoms with van der Waals surface area (Å²) in [4.78, 5) is 14.4. The van der Waals surface area contributed by atoms with E-state index in [1.165, 1.54) is 0 Å². The van der Waals surface area contributed by atoms with Gasteiger partial charge in [-0.3, -0.25) is 4.79 Å². The van der Waals surface area contributed by atoms with Crippen LogP contribution in [0.3, 0.4) is 0 Å². The van der Waals surface area contributed by atoms with E-state index in [4.69, 9.17) is 9.15 Å². The number of hydrogen-bond donors (Lipinski definition) is 0. The van der Waals surface area contributed by atoms with E-state index in [0.717, 1.165) is 43.5 Å². The van der Waals surface area contributed by atoms with Crippen molar-refractivity contribution in [3.05, 3.63) is 48.7 Å². The minimum atomic E-state index is -0.0124. The van der Waals surface area contributed by atoms with Crippen LogP contribution in [0.25, 0.3) is 11.0 Å². The maximum Gasteiger partial charge on any atom is 0.289 e. The zero-order chi connectivity index (χ0) is 15.4. The minimum absolute atomic E-state index is 0.0124. The number of rotatable bonds is 5. The summed E-state index contributed by atoms with van der Waals surface area (Å²) in [6.45, 7) is 6.51. The fourth-order valence-electron chi connectivity index (χ4n) is 2.86. The second kappa shape index (κ2) is 6.79. The molecule has 3 rings (SSSR count). The Morgan fingerprint density at radius 3 is 2.86 bits per heavy atom. The molecular weight excluding hydrogens is 278 g/mol. The van der Waals surface area contributed by atoms with E-state index < -0.39 is 0 Å². The molecule has 22 heavy (non-hydrogen) atoms. The van der Waals surface area contributed by atoms with E-state index >= 15 is 0 Å². The van der Waals surface area contributed by atoms with Crippen LogP contribution >= 0.6 is 0 Å². The van der Waals surface area contributed by atoms with Crippen molar-refractivity contribution in [2.24, 2.45) is 5.92 Å². The van der Waals surface area contributed by atoms with Gasteiger partial charge < -0.3 is 14.1 Å². The van der Waals surface area contributed by atoms with Gasteiger partial charge in [-0.2, -0.15) is 0 Å². The van der Waals surface area contributed by atoms with Gasteiger partial charge in [-0.15, -0.1) is 6.58 Å². The molecule has 0 aliphatic carbocycles. The fraction of sp³-hybridized carbons (Fsp3) is 0.389. The molecule has 1 amide bonds. The average Bonchev–Trinajstić information content (AvgIpc) is 2.99. The highest BCUT2D eigenvalue weighted by molar-refractivity contribution is 5.96. The average molecular weight is 299 g/mol. The summed E-state index contributed by atoms with van der Waals surface area (Å²) in [5, 5.41) is 0.971. The van der Waals surface area contributed by atoms with E-state index in [0.29, 0.717) is 18.3 Å². The van der Waals surface area contributed by atoms with Gasteiger partial charge in [0.15, 0.2) is 5.76 Å². The maximum absolute atomic E-state index is 12.5.